The summed E-state index contributed by atoms with van der Waals surface area (Å²) in [5.74, 6) is -1.53. The fraction of sp³-hybridized carbons (Fsp3) is 0.632. The first-order valence-electron chi connectivity index (χ1n) is 10.1. The van der Waals surface area contributed by atoms with Crippen LogP contribution in [-0.4, -0.2) is 57.9 Å². The van der Waals surface area contributed by atoms with Crippen LogP contribution in [0, 0.1) is 11.8 Å². The summed E-state index contributed by atoms with van der Waals surface area (Å²) < 4.78 is 44.9. The Kier molecular flexibility index (Phi) is 6.96. The standard InChI is InChI=1S/C19H25F3N6O3/c1-12(2)5-8-23-16(29)11-31-17(30)13-6-9-27(10-7-13)15-4-3-14-24-25-18(19(20,21)22)28(14)26-15/h3-4,12-13H,5-11H2,1-2H3,(H,23,29). The summed E-state index contributed by atoms with van der Waals surface area (Å²) >= 11 is 0. The molecule has 1 aliphatic heterocycles. The molecule has 1 aliphatic rings. The Morgan fingerprint density at radius 2 is 1.94 bits per heavy atom. The Labute approximate surface area is 176 Å². The fourth-order valence-corrected chi connectivity index (χ4v) is 3.27. The molecule has 12 heteroatoms. The van der Waals surface area contributed by atoms with Gasteiger partial charge in [-0.25, -0.2) is 0 Å². The monoisotopic (exact) mass is 442 g/mol. The van der Waals surface area contributed by atoms with Gasteiger partial charge in [-0.15, -0.1) is 15.3 Å². The molecule has 0 aliphatic carbocycles. The number of nitrogens with one attached hydrogen (secondary N) is 1. The molecule has 0 aromatic carbocycles. The first-order chi connectivity index (χ1) is 14.6. The van der Waals surface area contributed by atoms with Crippen LogP contribution in [0.3, 0.4) is 0 Å². The molecule has 1 N–H and O–H groups in total. The molecule has 0 bridgehead atoms. The van der Waals surface area contributed by atoms with Gasteiger partial charge < -0.3 is 15.0 Å². The number of hydrogen-bond acceptors (Lipinski definition) is 7. The molecule has 1 fully saturated rings. The molecular weight excluding hydrogens is 417 g/mol. The average molecular weight is 442 g/mol. The maximum Gasteiger partial charge on any atom is 0.453 e. The van der Waals surface area contributed by atoms with Gasteiger partial charge in [0.1, 0.15) is 5.82 Å². The van der Waals surface area contributed by atoms with Crippen LogP contribution in [0.1, 0.15) is 38.9 Å². The molecule has 31 heavy (non-hydrogen) atoms. The van der Waals surface area contributed by atoms with E-state index in [2.05, 4.69) is 20.6 Å². The second-order valence-electron chi connectivity index (χ2n) is 7.88. The highest BCUT2D eigenvalue weighted by Gasteiger charge is 2.38. The Hall–Kier alpha value is -2.92. The highest BCUT2D eigenvalue weighted by Crippen LogP contribution is 2.28. The third-order valence-electron chi connectivity index (χ3n) is 5.04. The predicted molar refractivity (Wildman–Crippen MR) is 104 cm³/mol. The Balaban J connectivity index is 1.51. The summed E-state index contributed by atoms with van der Waals surface area (Å²) in [7, 11) is 0. The summed E-state index contributed by atoms with van der Waals surface area (Å²) in [4.78, 5) is 25.8. The summed E-state index contributed by atoms with van der Waals surface area (Å²) in [5, 5.41) is 13.4. The van der Waals surface area contributed by atoms with Crippen LogP contribution < -0.4 is 10.2 Å². The van der Waals surface area contributed by atoms with Gasteiger partial charge in [-0.3, -0.25) is 9.59 Å². The van der Waals surface area contributed by atoms with E-state index in [-0.39, 0.29) is 24.1 Å². The molecule has 3 heterocycles. The van der Waals surface area contributed by atoms with Crippen molar-refractivity contribution in [2.24, 2.45) is 11.8 Å². The normalized spacial score (nSPS) is 15.5. The molecule has 170 valence electrons. The lowest BCUT2D eigenvalue weighted by Gasteiger charge is -2.31. The minimum absolute atomic E-state index is 0.00112. The molecule has 0 spiro atoms. The lowest BCUT2D eigenvalue weighted by atomic mass is 9.97. The minimum atomic E-state index is -4.66. The number of piperidine rings is 1. The van der Waals surface area contributed by atoms with Crippen LogP contribution in [0.25, 0.3) is 5.65 Å². The lowest BCUT2D eigenvalue weighted by molar-refractivity contribution is -0.153. The number of esters is 1. The van der Waals surface area contributed by atoms with Crippen LogP contribution in [-0.2, 0) is 20.5 Å². The summed E-state index contributed by atoms with van der Waals surface area (Å²) in [5.41, 5.74) is 0.00112. The van der Waals surface area contributed by atoms with Crippen LogP contribution >= 0.6 is 0 Å². The number of ether oxygens (including phenoxy) is 1. The molecule has 0 saturated carbocycles. The predicted octanol–water partition coefficient (Wildman–Crippen LogP) is 2.06. The zero-order valence-electron chi connectivity index (χ0n) is 17.4. The van der Waals surface area contributed by atoms with Crippen molar-refractivity contribution < 1.29 is 27.5 Å². The van der Waals surface area contributed by atoms with Gasteiger partial charge in [0, 0.05) is 19.6 Å². The third kappa shape index (κ3) is 5.82. The van der Waals surface area contributed by atoms with Crippen molar-refractivity contribution in [3.63, 3.8) is 0 Å². The summed E-state index contributed by atoms with van der Waals surface area (Å²) in [6.45, 7) is 5.15. The van der Waals surface area contributed by atoms with Crippen molar-refractivity contribution in [1.29, 1.82) is 0 Å². The highest BCUT2D eigenvalue weighted by molar-refractivity contribution is 5.81. The minimum Gasteiger partial charge on any atom is -0.455 e. The first-order valence-corrected chi connectivity index (χ1v) is 10.1. The molecule has 1 amide bonds. The van der Waals surface area contributed by atoms with Crippen molar-refractivity contribution in [1.82, 2.24) is 25.1 Å². The maximum atomic E-state index is 13.0. The molecule has 2 aromatic rings. The van der Waals surface area contributed by atoms with Crippen molar-refractivity contribution >= 4 is 23.3 Å². The smallest absolute Gasteiger partial charge is 0.453 e. The van der Waals surface area contributed by atoms with Gasteiger partial charge in [0.05, 0.1) is 5.92 Å². The first kappa shape index (κ1) is 22.8. The van der Waals surface area contributed by atoms with E-state index in [0.717, 1.165) is 6.42 Å². The highest BCUT2D eigenvalue weighted by atomic mass is 19.4. The molecule has 1 saturated heterocycles. The number of rotatable bonds is 7. The summed E-state index contributed by atoms with van der Waals surface area (Å²) in [6.07, 6.45) is -2.93. The molecule has 0 radical (unpaired) electrons. The van der Waals surface area contributed by atoms with E-state index in [1.165, 1.54) is 6.07 Å². The molecular formula is C19H25F3N6O3. The summed E-state index contributed by atoms with van der Waals surface area (Å²) in [6, 6.07) is 2.99. The van der Waals surface area contributed by atoms with Crippen LogP contribution in [0.4, 0.5) is 19.0 Å². The topological polar surface area (TPSA) is 102 Å². The number of anilines is 1. The van der Waals surface area contributed by atoms with Crippen LogP contribution in [0.5, 0.6) is 0 Å². The number of halogens is 3. The number of fused-ring (bicyclic) bond motifs is 1. The van der Waals surface area contributed by atoms with Gasteiger partial charge in [0.2, 0.25) is 0 Å². The lowest BCUT2D eigenvalue weighted by Crippen LogP contribution is -2.38. The van der Waals surface area contributed by atoms with E-state index in [4.69, 9.17) is 4.74 Å². The van der Waals surface area contributed by atoms with Gasteiger partial charge in [-0.05, 0) is 37.3 Å². The number of carbonyl (C=O) groups excluding carboxylic acids is 2. The Bertz CT molecular complexity index is 922. The second kappa shape index (κ2) is 9.48. The number of carbonyl (C=O) groups is 2. The van der Waals surface area contributed by atoms with Crippen molar-refractivity contribution in [3.05, 3.63) is 18.0 Å². The largest absolute Gasteiger partial charge is 0.455 e. The van der Waals surface area contributed by atoms with Gasteiger partial charge >= 0.3 is 12.1 Å². The van der Waals surface area contributed by atoms with E-state index < -0.39 is 18.0 Å². The van der Waals surface area contributed by atoms with Gasteiger partial charge in [0.15, 0.2) is 12.3 Å². The zero-order chi connectivity index (χ0) is 22.6. The maximum absolute atomic E-state index is 13.0. The van der Waals surface area contributed by atoms with E-state index in [1.54, 1.807) is 11.0 Å². The number of amides is 1. The molecule has 9 nitrogen and oxygen atoms in total. The van der Waals surface area contributed by atoms with Crippen LogP contribution in [0.2, 0.25) is 0 Å². The van der Waals surface area contributed by atoms with Crippen LogP contribution in [0.15, 0.2) is 12.1 Å². The quantitative estimate of drug-likeness (QED) is 0.655. The molecule has 0 unspecified atom stereocenters. The molecule has 2 aromatic heterocycles. The number of nitrogens with zero attached hydrogens (tertiary/aromatic N) is 5. The van der Waals surface area contributed by atoms with E-state index >= 15 is 0 Å². The van der Waals surface area contributed by atoms with Crippen molar-refractivity contribution in [2.45, 2.75) is 39.3 Å². The Morgan fingerprint density at radius 1 is 1.23 bits per heavy atom. The van der Waals surface area contributed by atoms with Gasteiger partial charge in [-0.2, -0.15) is 17.7 Å². The number of aromatic nitrogens is 4. The number of hydrogen-bond donors (Lipinski definition) is 1. The average Bonchev–Trinajstić information content (AvgIpc) is 3.15. The van der Waals surface area contributed by atoms with Gasteiger partial charge in [0.25, 0.3) is 11.7 Å². The van der Waals surface area contributed by atoms with Gasteiger partial charge in [-0.1, -0.05) is 13.8 Å². The second-order valence-corrected chi connectivity index (χ2v) is 7.88. The molecule has 3 rings (SSSR count). The fourth-order valence-electron chi connectivity index (χ4n) is 3.27. The third-order valence-corrected chi connectivity index (χ3v) is 5.04. The van der Waals surface area contributed by atoms with Crippen molar-refractivity contribution in [2.75, 3.05) is 31.1 Å². The van der Waals surface area contributed by atoms with E-state index in [0.29, 0.717) is 48.7 Å². The molecule has 0 atom stereocenters. The van der Waals surface area contributed by atoms with E-state index in [9.17, 15) is 22.8 Å². The van der Waals surface area contributed by atoms with Crippen molar-refractivity contribution in [3.8, 4) is 0 Å². The Morgan fingerprint density at radius 3 is 2.58 bits per heavy atom. The zero-order valence-corrected chi connectivity index (χ0v) is 17.4. The van der Waals surface area contributed by atoms with E-state index in [1.807, 2.05) is 13.8 Å². The number of alkyl halides is 3. The SMILES string of the molecule is CC(C)CCNC(=O)COC(=O)C1CCN(c2ccc3nnc(C(F)(F)F)n3n2)CC1.